The molecule has 19 heteroatoms. The minimum absolute atomic E-state index is 0.0841. The Labute approximate surface area is 656 Å². The molecule has 0 aromatic rings. The van der Waals surface area contributed by atoms with Crippen LogP contribution in [0.1, 0.15) is 440 Å². The van der Waals surface area contributed by atoms with Crippen LogP contribution in [-0.4, -0.2) is 96.7 Å². The topological polar surface area (TPSA) is 237 Å². The molecule has 0 aromatic carbocycles. The Morgan fingerprint density at radius 3 is 0.832 bits per heavy atom. The second kappa shape index (κ2) is 77.5. The van der Waals surface area contributed by atoms with Crippen LogP contribution in [0.5, 0.6) is 0 Å². The van der Waals surface area contributed by atoms with E-state index in [-0.39, 0.29) is 25.7 Å². The number of aliphatic hydroxyl groups excluding tert-OH is 1. The number of carbonyl (C=O) groups excluding carboxylic acids is 4. The zero-order chi connectivity index (χ0) is 78.6. The molecule has 0 aromatic heterocycles. The second-order valence-electron chi connectivity index (χ2n) is 32.1. The van der Waals surface area contributed by atoms with Crippen molar-refractivity contribution >= 4 is 39.5 Å². The third kappa shape index (κ3) is 80.0. The zero-order valence-electron chi connectivity index (χ0n) is 70.1. The molecule has 0 radical (unpaired) electrons. The Hall–Kier alpha value is -2.46. The number of ether oxygens (including phenoxy) is 4. The quantitative estimate of drug-likeness (QED) is 0.0169. The van der Waals surface area contributed by atoms with Gasteiger partial charge in [0.05, 0.1) is 26.4 Å². The maximum Gasteiger partial charge on any atom is 0.472 e. The molecule has 17 nitrogen and oxygen atoms in total. The first kappa shape index (κ1) is 105. The monoisotopic (exact) mass is 1560 g/mol. The highest BCUT2D eigenvalue weighted by Crippen LogP contribution is 2.45. The molecule has 0 saturated carbocycles. The van der Waals surface area contributed by atoms with Gasteiger partial charge in [-0.05, 0) is 69.1 Å². The van der Waals surface area contributed by atoms with Crippen LogP contribution in [0.2, 0.25) is 0 Å². The lowest BCUT2D eigenvalue weighted by atomic mass is 9.99. The number of phosphoric acid groups is 2. The standard InChI is InChI=1S/C88H168O17P2/c1-8-10-11-12-13-14-15-16-25-33-38-43-48-57-64-72-88(93)105-84(76-99-86(91)70-63-56-51-50-53-60-67-80(5)6)78-103-107(96,97)101-74-82(89)73-100-106(94,95)102-77-83(75-98-85(90)69-62-55-47-42-37-32-28-23-19-17-21-26-30-35-40-45-52-59-66-79(3)4)104-87(92)71-65-58-49-44-39-34-29-24-20-18-22-27-31-36-41-46-54-61-68-81(7)9-2/h14-16,25,79-84,89H,8-13,17-24,26-78H2,1-7H3,(H,94,95)(H,96,97)/b15-14-,25-16-/t81?,82-,83-,84-/m1/s1. The lowest BCUT2D eigenvalue weighted by molar-refractivity contribution is -0.161. The Kier molecular flexibility index (Phi) is 75.7. The maximum atomic E-state index is 13.2. The van der Waals surface area contributed by atoms with Gasteiger partial charge in [-0.25, -0.2) is 9.13 Å². The van der Waals surface area contributed by atoms with E-state index in [4.69, 9.17) is 37.0 Å². The molecule has 0 saturated heterocycles. The Bertz CT molecular complexity index is 2160. The van der Waals surface area contributed by atoms with Crippen LogP contribution in [0.25, 0.3) is 0 Å². The van der Waals surface area contributed by atoms with Crippen LogP contribution in [0, 0.1) is 17.8 Å². The van der Waals surface area contributed by atoms with Gasteiger partial charge in [-0.2, -0.15) is 0 Å². The number of esters is 4. The van der Waals surface area contributed by atoms with Crippen molar-refractivity contribution in [2.75, 3.05) is 39.6 Å². The molecule has 0 aliphatic rings. The number of aliphatic hydroxyl groups is 1. The molecule has 6 atom stereocenters. The predicted octanol–water partition coefficient (Wildman–Crippen LogP) is 26.4. The van der Waals surface area contributed by atoms with E-state index in [9.17, 15) is 43.2 Å². The Morgan fingerprint density at radius 2 is 0.551 bits per heavy atom. The molecule has 3 unspecified atom stereocenters. The molecule has 0 amide bonds. The van der Waals surface area contributed by atoms with Gasteiger partial charge in [0.1, 0.15) is 19.3 Å². The fourth-order valence-electron chi connectivity index (χ4n) is 13.2. The van der Waals surface area contributed by atoms with Crippen molar-refractivity contribution in [3.05, 3.63) is 24.3 Å². The molecular formula is C88H168O17P2. The summed E-state index contributed by atoms with van der Waals surface area (Å²) in [4.78, 5) is 73.2. The number of allylic oxidation sites excluding steroid dienone is 4. The summed E-state index contributed by atoms with van der Waals surface area (Å²) in [6.45, 7) is 11.9. The first-order valence-electron chi connectivity index (χ1n) is 44.7. The molecule has 0 rings (SSSR count). The number of rotatable bonds is 84. The van der Waals surface area contributed by atoms with Crippen LogP contribution < -0.4 is 0 Å². The van der Waals surface area contributed by atoms with E-state index < -0.39 is 97.5 Å². The average Bonchev–Trinajstić information content (AvgIpc) is 0.901. The minimum atomic E-state index is -4.97. The minimum Gasteiger partial charge on any atom is -0.462 e. The third-order valence-corrected chi connectivity index (χ3v) is 22.3. The molecule has 0 bridgehead atoms. The van der Waals surface area contributed by atoms with E-state index >= 15 is 0 Å². The third-order valence-electron chi connectivity index (χ3n) is 20.4. The van der Waals surface area contributed by atoms with E-state index in [1.54, 1.807) is 0 Å². The van der Waals surface area contributed by atoms with Gasteiger partial charge in [0.15, 0.2) is 12.2 Å². The van der Waals surface area contributed by atoms with E-state index in [0.717, 1.165) is 121 Å². The summed E-state index contributed by atoms with van der Waals surface area (Å²) >= 11 is 0. The van der Waals surface area contributed by atoms with Crippen molar-refractivity contribution in [3.63, 3.8) is 0 Å². The number of phosphoric ester groups is 2. The van der Waals surface area contributed by atoms with Gasteiger partial charge >= 0.3 is 39.5 Å². The summed E-state index contributed by atoms with van der Waals surface area (Å²) < 4.78 is 68.8. The summed E-state index contributed by atoms with van der Waals surface area (Å²) in [7, 11) is -9.94. The SMILES string of the molecule is CCCCCC/C=C\C=C/CCCCCCCC(=O)O[C@H](COC(=O)CCCCCCCCC(C)C)COP(=O)(O)OC[C@H](O)COP(=O)(O)OC[C@@H](COC(=O)CCCCCCCCCCCCCCCCCCCCC(C)C)OC(=O)CCCCCCCCCCCCCCCCCCCCC(C)CC. The van der Waals surface area contributed by atoms with E-state index in [2.05, 4.69) is 72.8 Å². The fourth-order valence-corrected chi connectivity index (χ4v) is 14.7. The predicted molar refractivity (Wildman–Crippen MR) is 441 cm³/mol. The van der Waals surface area contributed by atoms with E-state index in [1.807, 2.05) is 0 Å². The number of unbranched alkanes of at least 4 members (excludes halogenated alkanes) is 48. The molecule has 632 valence electrons. The molecule has 0 spiro atoms. The summed E-state index contributed by atoms with van der Waals surface area (Å²) in [5.74, 6) is 0.231. The zero-order valence-corrected chi connectivity index (χ0v) is 71.9. The normalized spacial score (nSPS) is 14.2. The van der Waals surface area contributed by atoms with Crippen LogP contribution >= 0.6 is 15.6 Å². The highest BCUT2D eigenvalue weighted by molar-refractivity contribution is 7.47. The van der Waals surface area contributed by atoms with Crippen molar-refractivity contribution < 1.29 is 80.2 Å². The fraction of sp³-hybridized carbons (Fsp3) is 0.909. The van der Waals surface area contributed by atoms with Crippen molar-refractivity contribution in [3.8, 4) is 0 Å². The van der Waals surface area contributed by atoms with Crippen molar-refractivity contribution in [1.29, 1.82) is 0 Å². The lowest BCUT2D eigenvalue weighted by Crippen LogP contribution is -2.30. The molecule has 0 aliphatic carbocycles. The number of carbonyl (C=O) groups is 4. The smallest absolute Gasteiger partial charge is 0.462 e. The van der Waals surface area contributed by atoms with Gasteiger partial charge in [-0.3, -0.25) is 37.3 Å². The van der Waals surface area contributed by atoms with Gasteiger partial charge in [0.25, 0.3) is 0 Å². The lowest BCUT2D eigenvalue weighted by Gasteiger charge is -2.21. The molecule has 107 heavy (non-hydrogen) atoms. The highest BCUT2D eigenvalue weighted by Gasteiger charge is 2.30. The van der Waals surface area contributed by atoms with Crippen LogP contribution in [0.3, 0.4) is 0 Å². The molecular weight excluding hydrogens is 1390 g/mol. The van der Waals surface area contributed by atoms with E-state index in [0.29, 0.717) is 31.6 Å². The van der Waals surface area contributed by atoms with Gasteiger partial charge in [-0.15, -0.1) is 0 Å². The number of hydrogen-bond donors (Lipinski definition) is 3. The van der Waals surface area contributed by atoms with Gasteiger partial charge in [-0.1, -0.05) is 387 Å². The van der Waals surface area contributed by atoms with Crippen molar-refractivity contribution in [1.82, 2.24) is 0 Å². The second-order valence-corrected chi connectivity index (χ2v) is 35.0. The number of hydrogen-bond acceptors (Lipinski definition) is 15. The Balaban J connectivity index is 5.23. The Morgan fingerprint density at radius 1 is 0.308 bits per heavy atom. The summed E-state index contributed by atoms with van der Waals surface area (Å²) in [6, 6.07) is 0. The molecule has 0 heterocycles. The summed E-state index contributed by atoms with van der Waals surface area (Å²) in [5.41, 5.74) is 0. The average molecular weight is 1560 g/mol. The van der Waals surface area contributed by atoms with Gasteiger partial charge < -0.3 is 33.8 Å². The van der Waals surface area contributed by atoms with Crippen LogP contribution in [-0.2, 0) is 65.4 Å². The molecule has 3 N–H and O–H groups in total. The summed E-state index contributed by atoms with van der Waals surface area (Å²) in [5, 5.41) is 10.7. The first-order chi connectivity index (χ1) is 51.8. The highest BCUT2D eigenvalue weighted by atomic mass is 31.2. The summed E-state index contributed by atoms with van der Waals surface area (Å²) in [6.07, 6.45) is 71.9. The molecule has 0 fully saturated rings. The van der Waals surface area contributed by atoms with Crippen molar-refractivity contribution in [2.45, 2.75) is 458 Å². The van der Waals surface area contributed by atoms with Crippen molar-refractivity contribution in [2.24, 2.45) is 17.8 Å². The maximum absolute atomic E-state index is 13.2. The van der Waals surface area contributed by atoms with Gasteiger partial charge in [0, 0.05) is 25.7 Å². The van der Waals surface area contributed by atoms with Crippen LogP contribution in [0.4, 0.5) is 0 Å². The van der Waals surface area contributed by atoms with E-state index in [1.165, 1.54) is 231 Å². The largest absolute Gasteiger partial charge is 0.472 e. The molecule has 0 aliphatic heterocycles. The first-order valence-corrected chi connectivity index (χ1v) is 47.7. The van der Waals surface area contributed by atoms with Gasteiger partial charge in [0.2, 0.25) is 0 Å². The van der Waals surface area contributed by atoms with Crippen LogP contribution in [0.15, 0.2) is 24.3 Å².